The van der Waals surface area contributed by atoms with Gasteiger partial charge in [-0.05, 0) is 35.1 Å². The molecular weight excluding hydrogens is 232 g/mol. The van der Waals surface area contributed by atoms with Gasteiger partial charge in [-0.25, -0.2) is 0 Å². The molecule has 0 aliphatic rings. The highest BCUT2D eigenvalue weighted by molar-refractivity contribution is 5.31. The fourth-order valence-corrected chi connectivity index (χ4v) is 2.11. The predicted octanol–water partition coefficient (Wildman–Crippen LogP) is 4.05. The van der Waals surface area contributed by atoms with E-state index in [1.165, 1.54) is 5.56 Å². The van der Waals surface area contributed by atoms with E-state index in [-0.39, 0.29) is 5.92 Å². The molecule has 0 aliphatic heterocycles. The summed E-state index contributed by atoms with van der Waals surface area (Å²) in [6.45, 7) is 4.35. The van der Waals surface area contributed by atoms with Crippen molar-refractivity contribution >= 4 is 0 Å². The minimum absolute atomic E-state index is 0.106. The summed E-state index contributed by atoms with van der Waals surface area (Å²) in [4.78, 5) is 4.09. The number of rotatable bonds is 4. The van der Waals surface area contributed by atoms with E-state index < -0.39 is 0 Å². The van der Waals surface area contributed by atoms with Crippen molar-refractivity contribution in [2.45, 2.75) is 32.1 Å². The molecule has 0 aliphatic carbocycles. The van der Waals surface area contributed by atoms with Crippen LogP contribution in [0.1, 0.15) is 42.4 Å². The Morgan fingerprint density at radius 2 is 1.79 bits per heavy atom. The van der Waals surface area contributed by atoms with E-state index in [2.05, 4.69) is 49.2 Å². The van der Waals surface area contributed by atoms with E-state index in [9.17, 15) is 5.26 Å². The molecule has 1 unspecified atom stereocenters. The number of nitriles is 1. The SMILES string of the molecule is CC(C)c1ccc(C(C#N)Cc2cccnc2)cc1. The quantitative estimate of drug-likeness (QED) is 0.820. The van der Waals surface area contributed by atoms with Crippen molar-refractivity contribution in [3.8, 4) is 6.07 Å². The van der Waals surface area contributed by atoms with Crippen LogP contribution in [0.15, 0.2) is 48.8 Å². The highest BCUT2D eigenvalue weighted by atomic mass is 14.6. The summed E-state index contributed by atoms with van der Waals surface area (Å²) in [6.07, 6.45) is 4.29. The van der Waals surface area contributed by atoms with Gasteiger partial charge in [0.1, 0.15) is 0 Å². The summed E-state index contributed by atoms with van der Waals surface area (Å²) < 4.78 is 0. The average molecular weight is 250 g/mol. The maximum atomic E-state index is 9.35. The van der Waals surface area contributed by atoms with Crippen LogP contribution >= 0.6 is 0 Å². The molecule has 0 N–H and O–H groups in total. The van der Waals surface area contributed by atoms with E-state index in [1.54, 1.807) is 6.20 Å². The number of benzene rings is 1. The number of aromatic nitrogens is 1. The summed E-state index contributed by atoms with van der Waals surface area (Å²) in [5.74, 6) is 0.415. The van der Waals surface area contributed by atoms with Gasteiger partial charge in [-0.15, -0.1) is 0 Å². The molecule has 2 aromatic rings. The molecular formula is C17H18N2. The maximum Gasteiger partial charge on any atom is 0.0753 e. The summed E-state index contributed by atoms with van der Waals surface area (Å²) in [5, 5.41) is 9.35. The Bertz CT molecular complexity index is 550. The van der Waals surface area contributed by atoms with Crippen LogP contribution in [-0.4, -0.2) is 4.98 Å². The third-order valence-corrected chi connectivity index (χ3v) is 3.32. The topological polar surface area (TPSA) is 36.7 Å². The fraction of sp³-hybridized carbons (Fsp3) is 0.294. The second kappa shape index (κ2) is 6.15. The lowest BCUT2D eigenvalue weighted by molar-refractivity contribution is 0.833. The van der Waals surface area contributed by atoms with Crippen LogP contribution in [0.3, 0.4) is 0 Å². The van der Waals surface area contributed by atoms with E-state index in [1.807, 2.05) is 18.3 Å². The van der Waals surface area contributed by atoms with Gasteiger partial charge in [0.2, 0.25) is 0 Å². The molecule has 1 aromatic heterocycles. The number of hydrogen-bond donors (Lipinski definition) is 0. The number of pyridine rings is 1. The van der Waals surface area contributed by atoms with Crippen molar-refractivity contribution in [3.05, 3.63) is 65.5 Å². The second-order valence-electron chi connectivity index (χ2n) is 5.07. The monoisotopic (exact) mass is 250 g/mol. The lowest BCUT2D eigenvalue weighted by Gasteiger charge is -2.11. The molecule has 96 valence electrons. The molecule has 0 spiro atoms. The minimum Gasteiger partial charge on any atom is -0.264 e. The van der Waals surface area contributed by atoms with Crippen molar-refractivity contribution in [2.24, 2.45) is 0 Å². The van der Waals surface area contributed by atoms with Crippen molar-refractivity contribution in [1.82, 2.24) is 4.98 Å². The Morgan fingerprint density at radius 3 is 2.32 bits per heavy atom. The van der Waals surface area contributed by atoms with Crippen LogP contribution in [-0.2, 0) is 6.42 Å². The normalized spacial score (nSPS) is 12.1. The molecule has 0 radical (unpaired) electrons. The molecule has 1 heterocycles. The molecule has 0 saturated carbocycles. The Morgan fingerprint density at radius 1 is 1.11 bits per heavy atom. The third kappa shape index (κ3) is 3.42. The Hall–Kier alpha value is -2.14. The summed E-state index contributed by atoms with van der Waals surface area (Å²) in [7, 11) is 0. The van der Waals surface area contributed by atoms with Crippen LogP contribution in [0.2, 0.25) is 0 Å². The average Bonchev–Trinajstić information content (AvgIpc) is 2.46. The first-order valence-electron chi connectivity index (χ1n) is 6.59. The van der Waals surface area contributed by atoms with Gasteiger partial charge in [0.15, 0.2) is 0 Å². The molecule has 2 rings (SSSR count). The molecule has 2 nitrogen and oxygen atoms in total. The van der Waals surface area contributed by atoms with Gasteiger partial charge in [-0.3, -0.25) is 4.98 Å². The molecule has 1 atom stereocenters. The van der Waals surface area contributed by atoms with E-state index >= 15 is 0 Å². The van der Waals surface area contributed by atoms with Gasteiger partial charge in [0.25, 0.3) is 0 Å². The molecule has 2 heteroatoms. The summed E-state index contributed by atoms with van der Waals surface area (Å²) in [6, 6.07) is 14.7. The zero-order valence-corrected chi connectivity index (χ0v) is 11.4. The molecule has 0 saturated heterocycles. The highest BCUT2D eigenvalue weighted by Gasteiger charge is 2.12. The molecule has 0 bridgehead atoms. The van der Waals surface area contributed by atoms with Gasteiger partial charge in [0.05, 0.1) is 12.0 Å². The van der Waals surface area contributed by atoms with Gasteiger partial charge < -0.3 is 0 Å². The smallest absolute Gasteiger partial charge is 0.0753 e. The lowest BCUT2D eigenvalue weighted by Crippen LogP contribution is -2.01. The van der Waals surface area contributed by atoms with E-state index in [0.717, 1.165) is 11.1 Å². The largest absolute Gasteiger partial charge is 0.264 e. The van der Waals surface area contributed by atoms with Crippen molar-refractivity contribution < 1.29 is 0 Å². The molecule has 1 aromatic carbocycles. The minimum atomic E-state index is -0.106. The first-order valence-corrected chi connectivity index (χ1v) is 6.59. The van der Waals surface area contributed by atoms with Crippen LogP contribution in [0.4, 0.5) is 0 Å². The van der Waals surface area contributed by atoms with Gasteiger partial charge in [-0.1, -0.05) is 44.2 Å². The van der Waals surface area contributed by atoms with Crippen molar-refractivity contribution in [1.29, 1.82) is 5.26 Å². The lowest BCUT2D eigenvalue weighted by atomic mass is 9.92. The van der Waals surface area contributed by atoms with E-state index in [0.29, 0.717) is 12.3 Å². The van der Waals surface area contributed by atoms with Gasteiger partial charge >= 0.3 is 0 Å². The first kappa shape index (κ1) is 13.3. The van der Waals surface area contributed by atoms with Crippen molar-refractivity contribution in [2.75, 3.05) is 0 Å². The van der Waals surface area contributed by atoms with Crippen LogP contribution in [0.25, 0.3) is 0 Å². The molecule has 0 amide bonds. The highest BCUT2D eigenvalue weighted by Crippen LogP contribution is 2.22. The van der Waals surface area contributed by atoms with Crippen LogP contribution < -0.4 is 0 Å². The third-order valence-electron chi connectivity index (χ3n) is 3.32. The van der Waals surface area contributed by atoms with Gasteiger partial charge in [0, 0.05) is 12.4 Å². The first-order chi connectivity index (χ1) is 9.20. The van der Waals surface area contributed by atoms with E-state index in [4.69, 9.17) is 0 Å². The number of nitrogens with zero attached hydrogens (tertiary/aromatic N) is 2. The Balaban J connectivity index is 2.16. The predicted molar refractivity (Wildman–Crippen MR) is 76.8 cm³/mol. The van der Waals surface area contributed by atoms with Crippen LogP contribution in [0.5, 0.6) is 0 Å². The Kier molecular flexibility index (Phi) is 4.30. The fourth-order valence-electron chi connectivity index (χ4n) is 2.11. The molecule has 0 fully saturated rings. The number of hydrogen-bond acceptors (Lipinski definition) is 2. The van der Waals surface area contributed by atoms with Crippen LogP contribution in [0, 0.1) is 11.3 Å². The van der Waals surface area contributed by atoms with Crippen molar-refractivity contribution in [3.63, 3.8) is 0 Å². The summed E-state index contributed by atoms with van der Waals surface area (Å²) >= 11 is 0. The standard InChI is InChI=1S/C17H18N2/c1-13(2)15-5-7-16(8-6-15)17(11-18)10-14-4-3-9-19-12-14/h3-9,12-13,17H,10H2,1-2H3. The maximum absolute atomic E-state index is 9.35. The summed E-state index contributed by atoms with van der Waals surface area (Å²) in [5.41, 5.74) is 3.49. The second-order valence-corrected chi connectivity index (χ2v) is 5.07. The zero-order chi connectivity index (χ0) is 13.7. The molecule has 19 heavy (non-hydrogen) atoms. The zero-order valence-electron chi connectivity index (χ0n) is 11.4. The van der Waals surface area contributed by atoms with Gasteiger partial charge in [-0.2, -0.15) is 5.26 Å². The Labute approximate surface area is 114 Å².